The van der Waals surface area contributed by atoms with Crippen molar-refractivity contribution in [1.82, 2.24) is 4.90 Å². The van der Waals surface area contributed by atoms with Gasteiger partial charge in [-0.05, 0) is 32.4 Å². The Hall–Kier alpha value is -1.49. The number of carbonyl (C=O) groups excluding carboxylic acids is 1. The second-order valence-corrected chi connectivity index (χ2v) is 6.36. The molecule has 5 heteroatoms. The quantitative estimate of drug-likeness (QED) is 0.904. The molecule has 110 valence electrons. The summed E-state index contributed by atoms with van der Waals surface area (Å²) >= 11 is 0. The van der Waals surface area contributed by atoms with Crippen LogP contribution in [0.4, 0.5) is 8.78 Å². The fourth-order valence-corrected chi connectivity index (χ4v) is 2.76. The van der Waals surface area contributed by atoms with Gasteiger partial charge in [-0.2, -0.15) is 0 Å². The van der Waals surface area contributed by atoms with E-state index in [4.69, 9.17) is 5.73 Å². The fourth-order valence-electron chi connectivity index (χ4n) is 2.76. The number of nitrogens with zero attached hydrogens (tertiary/aromatic N) is 1. The fraction of sp³-hybridized carbons (Fsp3) is 0.533. The second-order valence-electron chi connectivity index (χ2n) is 6.36. The van der Waals surface area contributed by atoms with Crippen molar-refractivity contribution in [3.8, 4) is 0 Å². The first-order chi connectivity index (χ1) is 9.20. The highest BCUT2D eigenvalue weighted by atomic mass is 19.1. The number of carbonyl (C=O) groups is 1. The molecule has 0 aromatic heterocycles. The van der Waals surface area contributed by atoms with Crippen LogP contribution in [0.5, 0.6) is 0 Å². The molecule has 1 amide bonds. The zero-order valence-electron chi connectivity index (χ0n) is 12.0. The predicted octanol–water partition coefficient (Wildman–Crippen LogP) is 2.26. The lowest BCUT2D eigenvalue weighted by molar-refractivity contribution is -0.121. The summed E-state index contributed by atoms with van der Waals surface area (Å²) in [6.07, 6.45) is 0. The molecule has 0 spiro atoms. The Morgan fingerprint density at radius 3 is 2.45 bits per heavy atom. The van der Waals surface area contributed by atoms with Crippen LogP contribution < -0.4 is 5.73 Å². The summed E-state index contributed by atoms with van der Waals surface area (Å²) in [6, 6.07) is 3.49. The second kappa shape index (κ2) is 5.13. The van der Waals surface area contributed by atoms with Gasteiger partial charge in [0.2, 0.25) is 5.91 Å². The van der Waals surface area contributed by atoms with Gasteiger partial charge in [0.25, 0.3) is 0 Å². The van der Waals surface area contributed by atoms with Crippen molar-refractivity contribution < 1.29 is 13.6 Å². The molecule has 1 saturated heterocycles. The van der Waals surface area contributed by atoms with Crippen LogP contribution in [-0.2, 0) is 4.79 Å². The topological polar surface area (TPSA) is 46.3 Å². The van der Waals surface area contributed by atoms with Crippen molar-refractivity contribution in [3.05, 3.63) is 35.4 Å². The molecule has 0 aliphatic carbocycles. The van der Waals surface area contributed by atoms with E-state index in [1.54, 1.807) is 0 Å². The Morgan fingerprint density at radius 1 is 1.30 bits per heavy atom. The number of hydrogen-bond acceptors (Lipinski definition) is 2. The van der Waals surface area contributed by atoms with Gasteiger partial charge in [0.1, 0.15) is 11.6 Å². The summed E-state index contributed by atoms with van der Waals surface area (Å²) in [6.45, 7) is 7.15. The molecule has 0 saturated carbocycles. The first kappa shape index (κ1) is 14.9. The van der Waals surface area contributed by atoms with E-state index in [1.807, 2.05) is 20.8 Å². The number of benzene rings is 1. The van der Waals surface area contributed by atoms with Crippen molar-refractivity contribution in [1.29, 1.82) is 0 Å². The first-order valence-corrected chi connectivity index (χ1v) is 6.69. The van der Waals surface area contributed by atoms with Gasteiger partial charge in [-0.1, -0.05) is 6.07 Å². The average Bonchev–Trinajstić information content (AvgIpc) is 2.73. The molecule has 0 radical (unpaired) electrons. The highest BCUT2D eigenvalue weighted by Crippen LogP contribution is 2.37. The lowest BCUT2D eigenvalue weighted by Gasteiger charge is -2.31. The predicted molar refractivity (Wildman–Crippen MR) is 73.1 cm³/mol. The van der Waals surface area contributed by atoms with E-state index in [9.17, 15) is 13.6 Å². The number of primary amides is 1. The maximum atomic E-state index is 14.0. The third kappa shape index (κ3) is 2.82. The van der Waals surface area contributed by atoms with E-state index in [2.05, 4.69) is 4.90 Å². The van der Waals surface area contributed by atoms with Crippen LogP contribution >= 0.6 is 0 Å². The molecule has 2 N–H and O–H groups in total. The van der Waals surface area contributed by atoms with Crippen molar-refractivity contribution in [2.45, 2.75) is 32.2 Å². The van der Waals surface area contributed by atoms with Gasteiger partial charge in [-0.25, -0.2) is 8.78 Å². The number of hydrogen-bond donors (Lipinski definition) is 1. The maximum Gasteiger partial charge on any atom is 0.222 e. The summed E-state index contributed by atoms with van der Waals surface area (Å²) in [7, 11) is 0. The summed E-state index contributed by atoms with van der Waals surface area (Å²) in [4.78, 5) is 13.7. The summed E-state index contributed by atoms with van der Waals surface area (Å²) in [5.74, 6) is -2.45. The van der Waals surface area contributed by atoms with E-state index in [0.717, 1.165) is 6.07 Å². The third-order valence-corrected chi connectivity index (χ3v) is 4.00. The smallest absolute Gasteiger partial charge is 0.222 e. The Bertz CT molecular complexity index is 525. The van der Waals surface area contributed by atoms with Gasteiger partial charge in [0.15, 0.2) is 0 Å². The van der Waals surface area contributed by atoms with Gasteiger partial charge in [0.05, 0.1) is 5.92 Å². The van der Waals surface area contributed by atoms with Crippen LogP contribution in [0, 0.1) is 17.6 Å². The van der Waals surface area contributed by atoms with Gasteiger partial charge in [-0.3, -0.25) is 9.69 Å². The van der Waals surface area contributed by atoms with Gasteiger partial charge >= 0.3 is 0 Å². The molecular formula is C15H20F2N2O. The van der Waals surface area contributed by atoms with Gasteiger partial charge < -0.3 is 5.73 Å². The molecule has 1 fully saturated rings. The van der Waals surface area contributed by atoms with Crippen LogP contribution in [0.25, 0.3) is 0 Å². The summed E-state index contributed by atoms with van der Waals surface area (Å²) in [5, 5.41) is 0. The third-order valence-electron chi connectivity index (χ3n) is 4.00. The minimum Gasteiger partial charge on any atom is -0.369 e. The van der Waals surface area contributed by atoms with Crippen molar-refractivity contribution in [3.63, 3.8) is 0 Å². The Kier molecular flexibility index (Phi) is 3.82. The highest BCUT2D eigenvalue weighted by Gasteiger charge is 2.42. The van der Waals surface area contributed by atoms with Gasteiger partial charge in [0, 0.05) is 30.6 Å². The average molecular weight is 282 g/mol. The normalized spacial score (nSPS) is 24.1. The highest BCUT2D eigenvalue weighted by molar-refractivity contribution is 5.78. The van der Waals surface area contributed by atoms with E-state index in [0.29, 0.717) is 18.7 Å². The summed E-state index contributed by atoms with van der Waals surface area (Å²) in [5.41, 5.74) is 5.69. The molecule has 1 aromatic carbocycles. The molecule has 2 atom stereocenters. The van der Waals surface area contributed by atoms with Crippen molar-refractivity contribution in [2.75, 3.05) is 13.1 Å². The van der Waals surface area contributed by atoms with Crippen LogP contribution in [0.3, 0.4) is 0 Å². The number of halogens is 2. The largest absolute Gasteiger partial charge is 0.369 e. The standard InChI is InChI=1S/C15H20F2N2O/c1-15(2,3)19-7-11(12(8-19)14(18)20)10-5-4-9(16)6-13(10)17/h4-6,11-12H,7-8H2,1-3H3,(H2,18,20). The first-order valence-electron chi connectivity index (χ1n) is 6.69. The Balaban J connectivity index is 2.35. The lowest BCUT2D eigenvalue weighted by atomic mass is 9.88. The number of amides is 1. The monoisotopic (exact) mass is 282 g/mol. The Labute approximate surface area is 117 Å². The van der Waals surface area contributed by atoms with E-state index < -0.39 is 23.5 Å². The number of rotatable bonds is 2. The van der Waals surface area contributed by atoms with Crippen molar-refractivity contribution in [2.24, 2.45) is 11.7 Å². The molecule has 20 heavy (non-hydrogen) atoms. The van der Waals surface area contributed by atoms with Crippen LogP contribution in [-0.4, -0.2) is 29.4 Å². The van der Waals surface area contributed by atoms with Crippen LogP contribution in [0.1, 0.15) is 32.3 Å². The molecule has 3 nitrogen and oxygen atoms in total. The maximum absolute atomic E-state index is 14.0. The van der Waals surface area contributed by atoms with Crippen LogP contribution in [0.15, 0.2) is 18.2 Å². The van der Waals surface area contributed by atoms with Crippen molar-refractivity contribution >= 4 is 5.91 Å². The number of nitrogens with two attached hydrogens (primary N) is 1. The zero-order chi connectivity index (χ0) is 15.1. The van der Waals surface area contributed by atoms with E-state index in [-0.39, 0.29) is 11.5 Å². The minimum absolute atomic E-state index is 0.126. The zero-order valence-corrected chi connectivity index (χ0v) is 12.0. The Morgan fingerprint density at radius 2 is 1.95 bits per heavy atom. The molecule has 1 aliphatic heterocycles. The minimum atomic E-state index is -0.618. The van der Waals surface area contributed by atoms with E-state index in [1.165, 1.54) is 12.1 Å². The molecule has 2 unspecified atom stereocenters. The molecular weight excluding hydrogens is 262 g/mol. The molecule has 2 rings (SSSR count). The van der Waals surface area contributed by atoms with Crippen LogP contribution in [0.2, 0.25) is 0 Å². The molecule has 0 bridgehead atoms. The van der Waals surface area contributed by atoms with Gasteiger partial charge in [-0.15, -0.1) is 0 Å². The molecule has 1 heterocycles. The SMILES string of the molecule is CC(C)(C)N1CC(C(N)=O)C(c2ccc(F)cc2F)C1. The van der Waals surface area contributed by atoms with E-state index >= 15 is 0 Å². The molecule has 1 aromatic rings. The molecule has 1 aliphatic rings. The summed E-state index contributed by atoms with van der Waals surface area (Å²) < 4.78 is 27.0. The lowest BCUT2D eigenvalue weighted by Crippen LogP contribution is -2.40. The number of likely N-dealkylation sites (tertiary alicyclic amines) is 1.